The van der Waals surface area contributed by atoms with E-state index >= 15 is 0 Å². The maximum atomic E-state index is 12.6. The molecule has 2 aliphatic heterocycles. The molecule has 1 amide bonds. The Morgan fingerprint density at radius 2 is 2.05 bits per heavy atom. The second kappa shape index (κ2) is 4.06. The standard InChI is InChI=1S/C14H16N4O/c19-14(17-8-10-5-15-6-11(10)9-17)12-7-16-18-4-2-1-3-13(12)18/h1-4,7,10-11,15H,5-6,8-9H2. The number of aromatic nitrogens is 2. The second-order valence-electron chi connectivity index (χ2n) is 5.48. The van der Waals surface area contributed by atoms with E-state index in [1.54, 1.807) is 10.7 Å². The molecule has 2 saturated heterocycles. The summed E-state index contributed by atoms with van der Waals surface area (Å²) in [5.41, 5.74) is 1.61. The Hall–Kier alpha value is -1.88. The van der Waals surface area contributed by atoms with Crippen molar-refractivity contribution >= 4 is 11.4 Å². The quantitative estimate of drug-likeness (QED) is 0.814. The summed E-state index contributed by atoms with van der Waals surface area (Å²) >= 11 is 0. The fraction of sp³-hybridized carbons (Fsp3) is 0.429. The highest BCUT2D eigenvalue weighted by Crippen LogP contribution is 2.28. The Balaban J connectivity index is 1.64. The number of carbonyl (C=O) groups is 1. The molecule has 4 rings (SSSR count). The minimum Gasteiger partial charge on any atom is -0.338 e. The molecule has 2 aromatic rings. The van der Waals surface area contributed by atoms with Gasteiger partial charge >= 0.3 is 0 Å². The predicted molar refractivity (Wildman–Crippen MR) is 70.9 cm³/mol. The SMILES string of the molecule is O=C(c1cnn2ccccc12)N1CC2CNCC2C1. The molecule has 0 aliphatic carbocycles. The molecule has 2 aromatic heterocycles. The lowest BCUT2D eigenvalue weighted by atomic mass is 10.0. The summed E-state index contributed by atoms with van der Waals surface area (Å²) in [5.74, 6) is 1.38. The van der Waals surface area contributed by atoms with E-state index in [-0.39, 0.29) is 5.91 Å². The van der Waals surface area contributed by atoms with E-state index < -0.39 is 0 Å². The van der Waals surface area contributed by atoms with E-state index in [0.717, 1.165) is 31.7 Å². The number of carbonyl (C=O) groups excluding carboxylic acids is 1. The van der Waals surface area contributed by atoms with Gasteiger partial charge in [0.05, 0.1) is 17.3 Å². The topological polar surface area (TPSA) is 49.6 Å². The first-order chi connectivity index (χ1) is 9.33. The number of nitrogens with zero attached hydrogens (tertiary/aromatic N) is 3. The van der Waals surface area contributed by atoms with Crippen LogP contribution in [0, 0.1) is 11.8 Å². The van der Waals surface area contributed by atoms with E-state index in [9.17, 15) is 4.79 Å². The maximum Gasteiger partial charge on any atom is 0.257 e. The molecule has 19 heavy (non-hydrogen) atoms. The minimum atomic E-state index is 0.121. The summed E-state index contributed by atoms with van der Waals surface area (Å²) in [6, 6.07) is 5.80. The molecule has 0 spiro atoms. The molecule has 0 saturated carbocycles. The lowest BCUT2D eigenvalue weighted by Crippen LogP contribution is -2.31. The summed E-state index contributed by atoms with van der Waals surface area (Å²) in [4.78, 5) is 14.6. The van der Waals surface area contributed by atoms with Crippen molar-refractivity contribution in [3.8, 4) is 0 Å². The van der Waals surface area contributed by atoms with E-state index in [4.69, 9.17) is 0 Å². The van der Waals surface area contributed by atoms with Crippen molar-refractivity contribution in [3.05, 3.63) is 36.2 Å². The molecule has 5 nitrogen and oxygen atoms in total. The van der Waals surface area contributed by atoms with Crippen LogP contribution >= 0.6 is 0 Å². The fourth-order valence-electron chi connectivity index (χ4n) is 3.29. The van der Waals surface area contributed by atoms with Crippen LogP contribution in [0.3, 0.4) is 0 Å². The minimum absolute atomic E-state index is 0.121. The van der Waals surface area contributed by atoms with Gasteiger partial charge in [-0.15, -0.1) is 0 Å². The lowest BCUT2D eigenvalue weighted by molar-refractivity contribution is 0.0783. The zero-order chi connectivity index (χ0) is 12.8. The van der Waals surface area contributed by atoms with Crippen LogP contribution < -0.4 is 5.32 Å². The van der Waals surface area contributed by atoms with Crippen LogP contribution in [0.25, 0.3) is 5.52 Å². The molecule has 0 radical (unpaired) electrons. The molecule has 1 N–H and O–H groups in total. The Labute approximate surface area is 111 Å². The number of nitrogens with one attached hydrogen (secondary N) is 1. The van der Waals surface area contributed by atoms with Crippen molar-refractivity contribution in [3.63, 3.8) is 0 Å². The van der Waals surface area contributed by atoms with Gasteiger partial charge in [-0.3, -0.25) is 4.79 Å². The lowest BCUT2D eigenvalue weighted by Gasteiger charge is -2.16. The zero-order valence-corrected chi connectivity index (χ0v) is 10.6. The van der Waals surface area contributed by atoms with Gasteiger partial charge in [-0.1, -0.05) is 6.07 Å². The highest BCUT2D eigenvalue weighted by atomic mass is 16.2. The van der Waals surface area contributed by atoms with Gasteiger partial charge in [0.1, 0.15) is 0 Å². The first-order valence-electron chi connectivity index (χ1n) is 6.75. The predicted octanol–water partition coefficient (Wildman–Crippen LogP) is 0.626. The highest BCUT2D eigenvalue weighted by Gasteiger charge is 2.38. The van der Waals surface area contributed by atoms with Gasteiger partial charge < -0.3 is 10.2 Å². The molecule has 5 heteroatoms. The normalized spacial score (nSPS) is 26.0. The zero-order valence-electron chi connectivity index (χ0n) is 10.6. The van der Waals surface area contributed by atoms with Gasteiger partial charge in [0.15, 0.2) is 0 Å². The van der Waals surface area contributed by atoms with Crippen LogP contribution in [0.5, 0.6) is 0 Å². The van der Waals surface area contributed by atoms with Crippen molar-refractivity contribution in [2.75, 3.05) is 26.2 Å². The molecule has 2 aliphatic rings. The van der Waals surface area contributed by atoms with Crippen molar-refractivity contribution in [2.24, 2.45) is 11.8 Å². The fourth-order valence-corrected chi connectivity index (χ4v) is 3.29. The summed E-state index contributed by atoms with van der Waals surface area (Å²) < 4.78 is 1.76. The number of rotatable bonds is 1. The average Bonchev–Trinajstić information content (AvgIpc) is 3.11. The van der Waals surface area contributed by atoms with Crippen molar-refractivity contribution in [1.29, 1.82) is 0 Å². The Kier molecular flexibility index (Phi) is 2.35. The molecule has 0 bridgehead atoms. The summed E-state index contributed by atoms with van der Waals surface area (Å²) in [6.07, 6.45) is 3.55. The largest absolute Gasteiger partial charge is 0.338 e. The van der Waals surface area contributed by atoms with Crippen LogP contribution in [0.2, 0.25) is 0 Å². The van der Waals surface area contributed by atoms with Crippen molar-refractivity contribution in [2.45, 2.75) is 0 Å². The van der Waals surface area contributed by atoms with Gasteiger partial charge in [-0.2, -0.15) is 5.10 Å². The number of pyridine rings is 1. The van der Waals surface area contributed by atoms with Gasteiger partial charge in [-0.25, -0.2) is 4.52 Å². The monoisotopic (exact) mass is 256 g/mol. The summed E-state index contributed by atoms with van der Waals surface area (Å²) in [7, 11) is 0. The highest BCUT2D eigenvalue weighted by molar-refractivity contribution is 6.00. The Bertz CT molecular complexity index is 623. The van der Waals surface area contributed by atoms with Gasteiger partial charge in [0, 0.05) is 32.4 Å². The average molecular weight is 256 g/mol. The molecule has 4 heterocycles. The number of hydrogen-bond acceptors (Lipinski definition) is 3. The molecule has 2 unspecified atom stereocenters. The molecule has 0 aromatic carbocycles. The third-order valence-corrected chi connectivity index (χ3v) is 4.33. The summed E-state index contributed by atoms with van der Waals surface area (Å²) in [5, 5.41) is 7.63. The van der Waals surface area contributed by atoms with Crippen LogP contribution in [0.1, 0.15) is 10.4 Å². The first-order valence-corrected chi connectivity index (χ1v) is 6.75. The molecule has 98 valence electrons. The van der Waals surface area contributed by atoms with E-state index in [0.29, 0.717) is 17.4 Å². The van der Waals surface area contributed by atoms with Crippen molar-refractivity contribution in [1.82, 2.24) is 19.8 Å². The number of fused-ring (bicyclic) bond motifs is 2. The molecular weight excluding hydrogens is 240 g/mol. The molecular formula is C14H16N4O. The second-order valence-corrected chi connectivity index (χ2v) is 5.48. The third-order valence-electron chi connectivity index (χ3n) is 4.33. The van der Waals surface area contributed by atoms with Gasteiger partial charge in [0.25, 0.3) is 5.91 Å². The number of amides is 1. The maximum absolute atomic E-state index is 12.6. The van der Waals surface area contributed by atoms with E-state index in [2.05, 4.69) is 10.4 Å². The van der Waals surface area contributed by atoms with Gasteiger partial charge in [0.2, 0.25) is 0 Å². The third kappa shape index (κ3) is 1.65. The van der Waals surface area contributed by atoms with Gasteiger partial charge in [-0.05, 0) is 24.0 Å². The van der Waals surface area contributed by atoms with Crippen LogP contribution in [0.15, 0.2) is 30.6 Å². The molecule has 2 fully saturated rings. The van der Waals surface area contributed by atoms with E-state index in [1.807, 2.05) is 29.3 Å². The Morgan fingerprint density at radius 3 is 2.84 bits per heavy atom. The smallest absolute Gasteiger partial charge is 0.257 e. The van der Waals surface area contributed by atoms with E-state index in [1.165, 1.54) is 0 Å². The number of likely N-dealkylation sites (tertiary alicyclic amines) is 1. The van der Waals surface area contributed by atoms with Crippen molar-refractivity contribution < 1.29 is 4.79 Å². The summed E-state index contributed by atoms with van der Waals surface area (Å²) in [6.45, 7) is 3.84. The number of hydrogen-bond donors (Lipinski definition) is 1. The Morgan fingerprint density at radius 1 is 1.26 bits per heavy atom. The van der Waals surface area contributed by atoms with Crippen LogP contribution in [-0.2, 0) is 0 Å². The first kappa shape index (κ1) is 11.0. The molecule has 2 atom stereocenters. The van der Waals surface area contributed by atoms with Crippen LogP contribution in [0.4, 0.5) is 0 Å². The van der Waals surface area contributed by atoms with Crippen LogP contribution in [-0.4, -0.2) is 46.6 Å².